The van der Waals surface area contributed by atoms with Gasteiger partial charge in [0.05, 0.1) is 11.4 Å². The molecule has 0 aliphatic rings. The Kier molecular flexibility index (Phi) is 18.2. The van der Waals surface area contributed by atoms with Crippen molar-refractivity contribution in [2.24, 2.45) is 10.9 Å². The lowest BCUT2D eigenvalue weighted by Crippen LogP contribution is -2.37. The molecular weight excluding hydrogens is 550 g/mol. The number of aliphatic hydroxyl groups excluding tert-OH is 1. The van der Waals surface area contributed by atoms with Crippen molar-refractivity contribution in [1.82, 2.24) is 5.32 Å². The van der Waals surface area contributed by atoms with E-state index in [0.717, 1.165) is 18.1 Å². The highest BCUT2D eigenvalue weighted by Gasteiger charge is 2.32. The molecule has 2 aromatic carbocycles. The van der Waals surface area contributed by atoms with Crippen molar-refractivity contribution in [2.45, 2.75) is 107 Å². The zero-order chi connectivity index (χ0) is 33.3. The summed E-state index contributed by atoms with van der Waals surface area (Å²) in [6, 6.07) is 12.0. The summed E-state index contributed by atoms with van der Waals surface area (Å²) in [6.07, 6.45) is 1.40. The second kappa shape index (κ2) is 19.7. The average molecular weight is 603 g/mol. The van der Waals surface area contributed by atoms with Gasteiger partial charge in [-0.25, -0.2) is 13.8 Å². The maximum Gasteiger partial charge on any atom is 0.281 e. The number of ether oxygens (including phenoxy) is 1. The lowest BCUT2D eigenvalue weighted by molar-refractivity contribution is -0.115. The van der Waals surface area contributed by atoms with Gasteiger partial charge < -0.3 is 15.2 Å². The molecule has 1 unspecified atom stereocenters. The number of amides is 1. The number of halogens is 2. The lowest BCUT2D eigenvalue weighted by Gasteiger charge is -2.22. The fourth-order valence-corrected chi connectivity index (χ4v) is 3.91. The van der Waals surface area contributed by atoms with E-state index in [0.29, 0.717) is 41.1 Å². The summed E-state index contributed by atoms with van der Waals surface area (Å²) >= 11 is 0. The molecule has 2 N–H and O–H groups in total. The van der Waals surface area contributed by atoms with E-state index in [1.54, 1.807) is 19.9 Å². The molecule has 240 valence electrons. The second-order valence-electron chi connectivity index (χ2n) is 10.2. The molecule has 0 fully saturated rings. The van der Waals surface area contributed by atoms with Crippen LogP contribution in [0, 0.1) is 12.8 Å². The van der Waals surface area contributed by atoms with Gasteiger partial charge in [-0.3, -0.25) is 9.59 Å². The molecule has 0 aliphatic heterocycles. The van der Waals surface area contributed by atoms with Crippen LogP contribution in [0.5, 0.6) is 5.75 Å². The topological polar surface area (TPSA) is 88.0 Å². The van der Waals surface area contributed by atoms with Crippen LogP contribution in [0.2, 0.25) is 0 Å². The first kappa shape index (κ1) is 39.6. The summed E-state index contributed by atoms with van der Waals surface area (Å²) in [5, 5.41) is 12.5. The summed E-state index contributed by atoms with van der Waals surface area (Å²) in [4.78, 5) is 29.7. The van der Waals surface area contributed by atoms with Crippen LogP contribution in [0.25, 0.3) is 5.70 Å². The number of carbonyl (C=O) groups excluding carboxylic acids is 2. The predicted molar refractivity (Wildman–Crippen MR) is 174 cm³/mol. The molecule has 2 aromatic rings. The number of benzene rings is 2. The van der Waals surface area contributed by atoms with Crippen molar-refractivity contribution < 1.29 is 28.2 Å². The molecule has 0 radical (unpaired) electrons. The van der Waals surface area contributed by atoms with Gasteiger partial charge in [0.25, 0.3) is 11.8 Å². The Bertz CT molecular complexity index is 1200. The average Bonchev–Trinajstić information content (AvgIpc) is 2.98. The number of Topliss-reactive ketones (excluding diaryl/α,β-unsaturated/α-hetero) is 1. The van der Waals surface area contributed by atoms with Gasteiger partial charge in [-0.2, -0.15) is 0 Å². The highest BCUT2D eigenvalue weighted by Crippen LogP contribution is 2.26. The van der Waals surface area contributed by atoms with Crippen LogP contribution in [-0.2, 0) is 11.2 Å². The van der Waals surface area contributed by atoms with Crippen molar-refractivity contribution in [3.63, 3.8) is 0 Å². The van der Waals surface area contributed by atoms with Gasteiger partial charge in [0.2, 0.25) is 0 Å². The largest absolute Gasteiger partial charge is 0.484 e. The van der Waals surface area contributed by atoms with E-state index in [4.69, 9.17) is 4.74 Å². The number of rotatable bonds is 13. The molecular formula is C35H52F2N2O4. The minimum absolute atomic E-state index is 0.00276. The fraction of sp³-hybridized carbons (Fsp3) is 0.514. The van der Waals surface area contributed by atoms with Crippen LogP contribution in [0.4, 0.5) is 8.78 Å². The number of nitrogens with zero attached hydrogens (tertiary/aromatic N) is 1. The maximum absolute atomic E-state index is 13.5. The molecule has 1 amide bonds. The van der Waals surface area contributed by atoms with E-state index in [1.165, 1.54) is 19.1 Å². The standard InChI is InChI=1S/C31H40F2N2O4.2C2H6/c1-8-27(34-21(5)29(37)19(2)3)24-11-9-23(10-12-24)18-26(15-16-36)35-30(38)25-13-14-28(20(4)17-25)39-22(6)31(7,32)33;2*1-2/h8-14,17,19,22,26,36H,15-16,18H2,1-7H3,(H,35,38);2*1-2H3/b27-8-,34-21?;;/t22?,26-;;/m1../s1. The van der Waals surface area contributed by atoms with E-state index in [2.05, 4.69) is 10.3 Å². The highest BCUT2D eigenvalue weighted by atomic mass is 19.3. The van der Waals surface area contributed by atoms with Crippen LogP contribution < -0.4 is 10.1 Å². The first-order valence-electron chi connectivity index (χ1n) is 15.2. The third kappa shape index (κ3) is 13.2. The van der Waals surface area contributed by atoms with Gasteiger partial charge in [0.15, 0.2) is 11.9 Å². The Hall–Kier alpha value is -3.39. The van der Waals surface area contributed by atoms with Crippen LogP contribution in [0.1, 0.15) is 103 Å². The second-order valence-corrected chi connectivity index (χ2v) is 10.2. The Labute approximate surface area is 257 Å². The summed E-state index contributed by atoms with van der Waals surface area (Å²) < 4.78 is 32.4. The molecule has 6 nitrogen and oxygen atoms in total. The minimum Gasteiger partial charge on any atom is -0.484 e. The minimum atomic E-state index is -2.99. The molecule has 0 saturated heterocycles. The van der Waals surface area contributed by atoms with Crippen LogP contribution in [0.15, 0.2) is 53.5 Å². The quantitative estimate of drug-likeness (QED) is 0.226. The van der Waals surface area contributed by atoms with Gasteiger partial charge in [-0.1, -0.05) is 71.9 Å². The molecule has 0 spiro atoms. The Morgan fingerprint density at radius 2 is 1.58 bits per heavy atom. The lowest BCUT2D eigenvalue weighted by atomic mass is 10.0. The fourth-order valence-electron chi connectivity index (χ4n) is 3.91. The van der Waals surface area contributed by atoms with Crippen LogP contribution in [-0.4, -0.2) is 47.2 Å². The summed E-state index contributed by atoms with van der Waals surface area (Å²) in [5.41, 5.74) is 3.93. The molecule has 8 heteroatoms. The molecule has 0 bridgehead atoms. The molecule has 2 rings (SSSR count). The van der Waals surface area contributed by atoms with Crippen molar-refractivity contribution in [2.75, 3.05) is 6.61 Å². The summed E-state index contributed by atoms with van der Waals surface area (Å²) in [5.74, 6) is -3.15. The van der Waals surface area contributed by atoms with Gasteiger partial charge in [0, 0.05) is 31.1 Å². The van der Waals surface area contributed by atoms with E-state index in [-0.39, 0.29) is 30.3 Å². The summed E-state index contributed by atoms with van der Waals surface area (Å²) in [6.45, 7) is 19.0. The Balaban J connectivity index is 0.00000422. The van der Waals surface area contributed by atoms with Crippen molar-refractivity contribution >= 4 is 23.1 Å². The van der Waals surface area contributed by atoms with Gasteiger partial charge in [-0.05, 0) is 75.4 Å². The van der Waals surface area contributed by atoms with E-state index < -0.39 is 12.0 Å². The number of ketones is 1. The molecule has 0 saturated carbocycles. The van der Waals surface area contributed by atoms with Crippen LogP contribution >= 0.6 is 0 Å². The maximum atomic E-state index is 13.5. The number of alkyl halides is 2. The van der Waals surface area contributed by atoms with Gasteiger partial charge >= 0.3 is 0 Å². The zero-order valence-electron chi connectivity index (χ0n) is 27.8. The Morgan fingerprint density at radius 1 is 1.02 bits per heavy atom. The molecule has 0 heterocycles. The monoisotopic (exact) mass is 602 g/mol. The van der Waals surface area contributed by atoms with Crippen molar-refractivity contribution in [1.29, 1.82) is 0 Å². The smallest absolute Gasteiger partial charge is 0.281 e. The number of aliphatic imine (C=N–C) groups is 1. The van der Waals surface area contributed by atoms with Gasteiger partial charge in [-0.15, -0.1) is 0 Å². The SMILES string of the molecule is C/C=C(\N=C(C)C(=O)C(C)C)c1ccc(C[C@@H](CCO)NC(=O)c2ccc(OC(C)C(C)(F)F)c(C)c2)cc1.CC.CC. The molecule has 43 heavy (non-hydrogen) atoms. The number of aryl methyl sites for hydroxylation is 1. The normalized spacial score (nSPS) is 13.2. The third-order valence-electron chi connectivity index (χ3n) is 6.44. The third-order valence-corrected chi connectivity index (χ3v) is 6.44. The number of hydrogen-bond acceptors (Lipinski definition) is 5. The molecule has 0 aliphatic carbocycles. The number of carbonyl (C=O) groups is 2. The number of allylic oxidation sites excluding steroid dienone is 1. The van der Waals surface area contributed by atoms with Crippen LogP contribution in [0.3, 0.4) is 0 Å². The number of nitrogens with one attached hydrogen (secondary N) is 1. The predicted octanol–water partition coefficient (Wildman–Crippen LogP) is 8.24. The number of aliphatic hydroxyl groups is 1. The highest BCUT2D eigenvalue weighted by molar-refractivity contribution is 6.40. The molecule has 0 aromatic heterocycles. The van der Waals surface area contributed by atoms with Crippen molar-refractivity contribution in [3.8, 4) is 5.75 Å². The van der Waals surface area contributed by atoms with E-state index in [9.17, 15) is 23.5 Å². The first-order chi connectivity index (χ1) is 20.3. The van der Waals surface area contributed by atoms with E-state index >= 15 is 0 Å². The van der Waals surface area contributed by atoms with Gasteiger partial charge in [0.1, 0.15) is 5.75 Å². The number of hydrogen-bond donors (Lipinski definition) is 2. The Morgan fingerprint density at radius 3 is 2.05 bits per heavy atom. The summed E-state index contributed by atoms with van der Waals surface area (Å²) in [7, 11) is 0. The molecule has 2 atom stereocenters. The van der Waals surface area contributed by atoms with Crippen molar-refractivity contribution in [3.05, 3.63) is 70.8 Å². The zero-order valence-corrected chi connectivity index (χ0v) is 27.8. The van der Waals surface area contributed by atoms with E-state index in [1.807, 2.05) is 78.8 Å². The first-order valence-corrected chi connectivity index (χ1v) is 15.2.